The second kappa shape index (κ2) is 5.66. The fourth-order valence-corrected chi connectivity index (χ4v) is 1.87. The van der Waals surface area contributed by atoms with Gasteiger partial charge in [0, 0.05) is 6.04 Å². The lowest BCUT2D eigenvalue weighted by Gasteiger charge is -2.12. The van der Waals surface area contributed by atoms with Crippen molar-refractivity contribution in [3.05, 3.63) is 0 Å². The van der Waals surface area contributed by atoms with Crippen molar-refractivity contribution in [2.75, 3.05) is 13.1 Å². The highest BCUT2D eigenvalue weighted by Crippen LogP contribution is 2.24. The smallest absolute Gasteiger partial charge is 0.234 e. The van der Waals surface area contributed by atoms with Gasteiger partial charge in [0.15, 0.2) is 0 Å². The standard InChI is InChI=1S/C11H18N2O/c1-3-6-12-8-11(14)13-10-5-4-9(2)7-10/h1,9-10,12H,4-8H2,2H3,(H,13,14). The van der Waals surface area contributed by atoms with Crippen LogP contribution in [-0.2, 0) is 4.79 Å². The largest absolute Gasteiger partial charge is 0.352 e. The molecule has 1 rings (SSSR count). The van der Waals surface area contributed by atoms with Crippen molar-refractivity contribution in [1.82, 2.24) is 10.6 Å². The Hall–Kier alpha value is -1.01. The number of carbonyl (C=O) groups is 1. The molecule has 1 aliphatic carbocycles. The van der Waals surface area contributed by atoms with Crippen molar-refractivity contribution in [3.8, 4) is 12.3 Å². The SMILES string of the molecule is C#CCNCC(=O)NC1CCC(C)C1. The van der Waals surface area contributed by atoms with E-state index in [0.29, 0.717) is 19.1 Å². The van der Waals surface area contributed by atoms with Crippen LogP contribution in [0.5, 0.6) is 0 Å². The molecule has 2 atom stereocenters. The molecule has 3 heteroatoms. The molecule has 1 saturated carbocycles. The molecule has 0 radical (unpaired) electrons. The van der Waals surface area contributed by atoms with Gasteiger partial charge >= 0.3 is 0 Å². The Morgan fingerprint density at radius 2 is 2.36 bits per heavy atom. The molecule has 1 aliphatic rings. The van der Waals surface area contributed by atoms with Crippen LogP contribution >= 0.6 is 0 Å². The van der Waals surface area contributed by atoms with E-state index in [1.807, 2.05) is 0 Å². The Bertz CT molecular complexity index is 232. The molecule has 78 valence electrons. The molecule has 14 heavy (non-hydrogen) atoms. The van der Waals surface area contributed by atoms with Gasteiger partial charge in [-0.25, -0.2) is 0 Å². The monoisotopic (exact) mass is 194 g/mol. The molecule has 1 fully saturated rings. The summed E-state index contributed by atoms with van der Waals surface area (Å²) in [5, 5.41) is 5.87. The Morgan fingerprint density at radius 1 is 1.57 bits per heavy atom. The molecule has 0 spiro atoms. The summed E-state index contributed by atoms with van der Waals surface area (Å²) in [6.45, 7) is 3.01. The summed E-state index contributed by atoms with van der Waals surface area (Å²) in [5.41, 5.74) is 0. The number of terminal acetylenes is 1. The quantitative estimate of drug-likeness (QED) is 0.506. The van der Waals surface area contributed by atoms with Crippen molar-refractivity contribution >= 4 is 5.91 Å². The summed E-state index contributed by atoms with van der Waals surface area (Å²) in [6, 6.07) is 0.380. The van der Waals surface area contributed by atoms with Gasteiger partial charge < -0.3 is 5.32 Å². The van der Waals surface area contributed by atoms with Crippen LogP contribution in [-0.4, -0.2) is 25.0 Å². The second-order valence-electron chi connectivity index (χ2n) is 3.99. The average Bonchev–Trinajstić information content (AvgIpc) is 2.52. The molecule has 3 nitrogen and oxygen atoms in total. The molecule has 0 aromatic carbocycles. The minimum absolute atomic E-state index is 0.0550. The fraction of sp³-hybridized carbons (Fsp3) is 0.727. The maximum absolute atomic E-state index is 11.3. The first-order valence-electron chi connectivity index (χ1n) is 5.16. The maximum Gasteiger partial charge on any atom is 0.234 e. The molecular formula is C11H18N2O. The predicted octanol–water partition coefficient (Wildman–Crippen LogP) is 0.514. The van der Waals surface area contributed by atoms with Gasteiger partial charge in [-0.2, -0.15) is 0 Å². The molecule has 0 aliphatic heterocycles. The third kappa shape index (κ3) is 3.80. The Balaban J connectivity index is 2.11. The molecular weight excluding hydrogens is 176 g/mol. The number of nitrogens with one attached hydrogen (secondary N) is 2. The van der Waals surface area contributed by atoms with Crippen molar-refractivity contribution in [2.45, 2.75) is 32.2 Å². The number of hydrogen-bond donors (Lipinski definition) is 2. The second-order valence-corrected chi connectivity index (χ2v) is 3.99. The van der Waals surface area contributed by atoms with Crippen molar-refractivity contribution in [3.63, 3.8) is 0 Å². The van der Waals surface area contributed by atoms with Crippen LogP contribution in [0.25, 0.3) is 0 Å². The van der Waals surface area contributed by atoms with Gasteiger partial charge in [0.05, 0.1) is 13.1 Å². The first-order chi connectivity index (χ1) is 6.72. The topological polar surface area (TPSA) is 41.1 Å². The highest BCUT2D eigenvalue weighted by Gasteiger charge is 2.22. The zero-order valence-electron chi connectivity index (χ0n) is 8.68. The van der Waals surface area contributed by atoms with Crippen LogP contribution in [0, 0.1) is 18.3 Å². The summed E-state index contributed by atoms with van der Waals surface area (Å²) in [7, 11) is 0. The van der Waals surface area contributed by atoms with Crippen LogP contribution in [0.4, 0.5) is 0 Å². The molecule has 0 aromatic heterocycles. The lowest BCUT2D eigenvalue weighted by atomic mass is 10.1. The summed E-state index contributed by atoms with van der Waals surface area (Å²) in [5.74, 6) is 3.24. The third-order valence-electron chi connectivity index (χ3n) is 2.57. The summed E-state index contributed by atoms with van der Waals surface area (Å²) < 4.78 is 0. The van der Waals surface area contributed by atoms with E-state index in [4.69, 9.17) is 6.42 Å². The first-order valence-corrected chi connectivity index (χ1v) is 5.16. The minimum atomic E-state index is 0.0550. The van der Waals surface area contributed by atoms with Gasteiger partial charge in [0.1, 0.15) is 0 Å². The van der Waals surface area contributed by atoms with Gasteiger partial charge in [0.2, 0.25) is 5.91 Å². The van der Waals surface area contributed by atoms with E-state index in [0.717, 1.165) is 18.8 Å². The van der Waals surface area contributed by atoms with Gasteiger partial charge in [-0.3, -0.25) is 10.1 Å². The van der Waals surface area contributed by atoms with Crippen molar-refractivity contribution in [1.29, 1.82) is 0 Å². The normalized spacial score (nSPS) is 25.7. The van der Waals surface area contributed by atoms with Crippen LogP contribution < -0.4 is 10.6 Å². The van der Waals surface area contributed by atoms with Crippen LogP contribution in [0.1, 0.15) is 26.2 Å². The van der Waals surface area contributed by atoms with Crippen LogP contribution in [0.15, 0.2) is 0 Å². The number of hydrogen-bond acceptors (Lipinski definition) is 2. The Morgan fingerprint density at radius 3 is 2.93 bits per heavy atom. The number of rotatable bonds is 4. The summed E-state index contributed by atoms with van der Waals surface area (Å²) >= 11 is 0. The van der Waals surface area contributed by atoms with E-state index in [1.165, 1.54) is 6.42 Å². The molecule has 0 aromatic rings. The average molecular weight is 194 g/mol. The molecule has 1 amide bonds. The third-order valence-corrected chi connectivity index (χ3v) is 2.57. The molecule has 0 heterocycles. The lowest BCUT2D eigenvalue weighted by molar-refractivity contribution is -0.120. The van der Waals surface area contributed by atoms with E-state index < -0.39 is 0 Å². The first kappa shape index (κ1) is 11.1. The Kier molecular flexibility index (Phi) is 4.48. The molecule has 0 saturated heterocycles. The predicted molar refractivity (Wildman–Crippen MR) is 56.6 cm³/mol. The molecule has 2 unspecified atom stereocenters. The Labute approximate surface area is 85.6 Å². The lowest BCUT2D eigenvalue weighted by Crippen LogP contribution is -2.39. The van der Waals surface area contributed by atoms with E-state index in [-0.39, 0.29) is 5.91 Å². The number of carbonyl (C=O) groups excluding carboxylic acids is 1. The van der Waals surface area contributed by atoms with E-state index in [1.54, 1.807) is 0 Å². The van der Waals surface area contributed by atoms with Crippen LogP contribution in [0.3, 0.4) is 0 Å². The summed E-state index contributed by atoms with van der Waals surface area (Å²) in [4.78, 5) is 11.3. The number of amides is 1. The highest BCUT2D eigenvalue weighted by atomic mass is 16.1. The minimum Gasteiger partial charge on any atom is -0.352 e. The van der Waals surface area contributed by atoms with Gasteiger partial charge in [0.25, 0.3) is 0 Å². The van der Waals surface area contributed by atoms with Gasteiger partial charge in [-0.05, 0) is 25.2 Å². The van der Waals surface area contributed by atoms with E-state index in [9.17, 15) is 4.79 Å². The molecule has 2 N–H and O–H groups in total. The summed E-state index contributed by atoms with van der Waals surface area (Å²) in [6.07, 6.45) is 8.50. The maximum atomic E-state index is 11.3. The zero-order valence-corrected chi connectivity index (χ0v) is 8.68. The van der Waals surface area contributed by atoms with Gasteiger partial charge in [-0.1, -0.05) is 12.8 Å². The van der Waals surface area contributed by atoms with Crippen molar-refractivity contribution < 1.29 is 4.79 Å². The van der Waals surface area contributed by atoms with Gasteiger partial charge in [-0.15, -0.1) is 6.42 Å². The van der Waals surface area contributed by atoms with Crippen molar-refractivity contribution in [2.24, 2.45) is 5.92 Å². The molecule has 0 bridgehead atoms. The van der Waals surface area contributed by atoms with E-state index >= 15 is 0 Å². The highest BCUT2D eigenvalue weighted by molar-refractivity contribution is 5.78. The van der Waals surface area contributed by atoms with Crippen LogP contribution in [0.2, 0.25) is 0 Å². The zero-order chi connectivity index (χ0) is 10.4. The van der Waals surface area contributed by atoms with E-state index in [2.05, 4.69) is 23.5 Å². The fourth-order valence-electron chi connectivity index (χ4n) is 1.87.